The summed E-state index contributed by atoms with van der Waals surface area (Å²) in [6.45, 7) is 4.01. The Morgan fingerprint density at radius 2 is 2.00 bits per heavy atom. The molecule has 0 saturated heterocycles. The van der Waals surface area contributed by atoms with E-state index in [-0.39, 0.29) is 18.0 Å². The van der Waals surface area contributed by atoms with Crippen molar-refractivity contribution in [3.05, 3.63) is 32.6 Å². The van der Waals surface area contributed by atoms with Crippen molar-refractivity contribution in [3.8, 4) is 0 Å². The Balaban J connectivity index is 0.00000324. The van der Waals surface area contributed by atoms with E-state index in [4.69, 9.17) is 0 Å². The van der Waals surface area contributed by atoms with E-state index in [0.29, 0.717) is 13.1 Å². The highest BCUT2D eigenvalue weighted by Gasteiger charge is 2.11. The van der Waals surface area contributed by atoms with Gasteiger partial charge >= 0.3 is 5.69 Å². The Morgan fingerprint density at radius 1 is 1.32 bits per heavy atom. The summed E-state index contributed by atoms with van der Waals surface area (Å²) >= 11 is 0. The van der Waals surface area contributed by atoms with E-state index in [1.165, 1.54) is 13.2 Å². The number of hydrogen-bond donors (Lipinski definition) is 3. The summed E-state index contributed by atoms with van der Waals surface area (Å²) in [7, 11) is 1.47. The predicted octanol–water partition coefficient (Wildman–Crippen LogP) is -0.775. The van der Waals surface area contributed by atoms with Gasteiger partial charge in [0.1, 0.15) is 5.56 Å². The summed E-state index contributed by atoms with van der Waals surface area (Å²) in [5.74, 6) is -0.481. The zero-order chi connectivity index (χ0) is 13.5. The molecular weight excluding hydrogens is 272 g/mol. The minimum absolute atomic E-state index is 0. The Bertz CT molecular complexity index is 523. The molecule has 0 fully saturated rings. The average Bonchev–Trinajstić information content (AvgIpc) is 2.33. The first-order valence-electron chi connectivity index (χ1n) is 5.85. The van der Waals surface area contributed by atoms with Crippen LogP contribution in [-0.4, -0.2) is 35.1 Å². The van der Waals surface area contributed by atoms with E-state index < -0.39 is 17.2 Å². The number of amides is 1. The van der Waals surface area contributed by atoms with Crippen molar-refractivity contribution in [1.82, 2.24) is 20.2 Å². The second-order valence-electron chi connectivity index (χ2n) is 3.92. The molecule has 0 aliphatic rings. The third kappa shape index (κ3) is 5.27. The minimum atomic E-state index is -0.669. The molecule has 0 aliphatic heterocycles. The van der Waals surface area contributed by atoms with Crippen LogP contribution in [0, 0.1) is 0 Å². The van der Waals surface area contributed by atoms with Crippen LogP contribution in [0.3, 0.4) is 0 Å². The zero-order valence-electron chi connectivity index (χ0n) is 11.0. The second kappa shape index (κ2) is 8.49. The molecule has 7 nitrogen and oxygen atoms in total. The van der Waals surface area contributed by atoms with Crippen molar-refractivity contribution in [2.24, 2.45) is 7.05 Å². The Hall–Kier alpha value is -1.60. The van der Waals surface area contributed by atoms with Crippen LogP contribution in [0.15, 0.2) is 15.8 Å². The topological polar surface area (TPSA) is 96.0 Å². The van der Waals surface area contributed by atoms with Gasteiger partial charge in [-0.15, -0.1) is 12.4 Å². The molecular formula is C11H19ClN4O3. The highest BCUT2D eigenvalue weighted by atomic mass is 35.5. The number of aromatic amines is 1. The van der Waals surface area contributed by atoms with E-state index in [1.807, 2.05) is 0 Å². The molecule has 1 heterocycles. The van der Waals surface area contributed by atoms with Crippen LogP contribution >= 0.6 is 12.4 Å². The second-order valence-corrected chi connectivity index (χ2v) is 3.92. The molecule has 0 bridgehead atoms. The van der Waals surface area contributed by atoms with Gasteiger partial charge in [0.05, 0.1) is 0 Å². The van der Waals surface area contributed by atoms with Crippen LogP contribution < -0.4 is 21.9 Å². The van der Waals surface area contributed by atoms with E-state index >= 15 is 0 Å². The number of rotatable bonds is 6. The first-order chi connectivity index (χ1) is 8.56. The quantitative estimate of drug-likeness (QED) is 0.599. The van der Waals surface area contributed by atoms with Gasteiger partial charge < -0.3 is 15.2 Å². The van der Waals surface area contributed by atoms with Gasteiger partial charge in [-0.25, -0.2) is 4.79 Å². The maximum absolute atomic E-state index is 11.7. The normalized spacial score (nSPS) is 9.79. The minimum Gasteiger partial charge on any atom is -0.351 e. The van der Waals surface area contributed by atoms with Crippen molar-refractivity contribution < 1.29 is 4.79 Å². The fourth-order valence-electron chi connectivity index (χ4n) is 1.39. The van der Waals surface area contributed by atoms with Crippen LogP contribution in [0.25, 0.3) is 0 Å². The number of hydrogen-bond acceptors (Lipinski definition) is 4. The molecule has 0 aromatic carbocycles. The predicted molar refractivity (Wildman–Crippen MR) is 75.0 cm³/mol. The van der Waals surface area contributed by atoms with E-state index in [1.54, 1.807) is 0 Å². The lowest BCUT2D eigenvalue weighted by atomic mass is 10.3. The fraction of sp³-hybridized carbons (Fsp3) is 0.545. The van der Waals surface area contributed by atoms with Gasteiger partial charge in [-0.05, 0) is 13.0 Å². The molecule has 1 rings (SSSR count). The molecule has 1 amide bonds. The van der Waals surface area contributed by atoms with Gasteiger partial charge in [-0.3, -0.25) is 14.6 Å². The van der Waals surface area contributed by atoms with Gasteiger partial charge in [0, 0.05) is 26.3 Å². The number of H-pyrrole nitrogens is 1. The van der Waals surface area contributed by atoms with Gasteiger partial charge in [0.25, 0.3) is 11.5 Å². The number of aromatic nitrogens is 2. The first-order valence-corrected chi connectivity index (χ1v) is 5.85. The molecule has 1 aromatic rings. The molecule has 0 saturated carbocycles. The summed E-state index contributed by atoms with van der Waals surface area (Å²) in [5, 5.41) is 5.73. The SMILES string of the molecule is CCCNCCNC(=O)c1cn(C)c(=O)[nH]c1=O.Cl. The van der Waals surface area contributed by atoms with Crippen molar-refractivity contribution in [2.75, 3.05) is 19.6 Å². The molecule has 8 heteroatoms. The summed E-state index contributed by atoms with van der Waals surface area (Å²) in [4.78, 5) is 36.3. The van der Waals surface area contributed by atoms with Gasteiger partial charge in [0.15, 0.2) is 0 Å². The highest BCUT2D eigenvalue weighted by molar-refractivity contribution is 5.93. The third-order valence-corrected chi connectivity index (χ3v) is 2.37. The molecule has 108 valence electrons. The molecule has 0 aliphatic carbocycles. The molecule has 0 atom stereocenters. The number of carbonyl (C=O) groups is 1. The molecule has 0 radical (unpaired) electrons. The molecule has 1 aromatic heterocycles. The van der Waals surface area contributed by atoms with Crippen molar-refractivity contribution in [1.29, 1.82) is 0 Å². The smallest absolute Gasteiger partial charge is 0.328 e. The lowest BCUT2D eigenvalue weighted by Gasteiger charge is -2.06. The van der Waals surface area contributed by atoms with Crippen LogP contribution in [0.2, 0.25) is 0 Å². The molecule has 19 heavy (non-hydrogen) atoms. The standard InChI is InChI=1S/C11H18N4O3.ClH/c1-3-4-12-5-6-13-9(16)8-7-15(2)11(18)14-10(8)17;/h7,12H,3-6H2,1-2H3,(H,13,16)(H,14,17,18);1H. The van der Waals surface area contributed by atoms with Gasteiger partial charge in [-0.2, -0.15) is 0 Å². The maximum atomic E-state index is 11.7. The van der Waals surface area contributed by atoms with Crippen LogP contribution in [-0.2, 0) is 7.05 Å². The molecule has 0 unspecified atom stereocenters. The summed E-state index contributed by atoms with van der Waals surface area (Å²) in [6, 6.07) is 0. The lowest BCUT2D eigenvalue weighted by molar-refractivity contribution is 0.0951. The Labute approximate surface area is 116 Å². The first kappa shape index (κ1) is 17.4. The number of nitrogens with one attached hydrogen (secondary N) is 3. The maximum Gasteiger partial charge on any atom is 0.328 e. The summed E-state index contributed by atoms with van der Waals surface area (Å²) < 4.78 is 1.16. The number of nitrogens with zero attached hydrogens (tertiary/aromatic N) is 1. The van der Waals surface area contributed by atoms with E-state index in [9.17, 15) is 14.4 Å². The average molecular weight is 291 g/mol. The Morgan fingerprint density at radius 3 is 2.63 bits per heavy atom. The third-order valence-electron chi connectivity index (χ3n) is 2.37. The molecule has 3 N–H and O–H groups in total. The monoisotopic (exact) mass is 290 g/mol. The van der Waals surface area contributed by atoms with Crippen LogP contribution in [0.4, 0.5) is 0 Å². The number of carbonyl (C=O) groups excluding carboxylic acids is 1. The highest BCUT2D eigenvalue weighted by Crippen LogP contribution is 1.86. The van der Waals surface area contributed by atoms with Gasteiger partial charge in [0.2, 0.25) is 0 Å². The fourth-order valence-corrected chi connectivity index (χ4v) is 1.39. The summed E-state index contributed by atoms with van der Waals surface area (Å²) in [6.07, 6.45) is 2.25. The van der Waals surface area contributed by atoms with Gasteiger partial charge in [-0.1, -0.05) is 6.92 Å². The zero-order valence-corrected chi connectivity index (χ0v) is 11.8. The van der Waals surface area contributed by atoms with Crippen LogP contribution in [0.1, 0.15) is 23.7 Å². The number of halogens is 1. The number of aryl methyl sites for hydroxylation is 1. The van der Waals surface area contributed by atoms with E-state index in [2.05, 4.69) is 22.5 Å². The van der Waals surface area contributed by atoms with E-state index in [0.717, 1.165) is 17.5 Å². The van der Waals surface area contributed by atoms with Crippen molar-refractivity contribution in [2.45, 2.75) is 13.3 Å². The van der Waals surface area contributed by atoms with Crippen molar-refractivity contribution >= 4 is 18.3 Å². The Kier molecular flexibility index (Phi) is 7.78. The lowest BCUT2D eigenvalue weighted by Crippen LogP contribution is -2.38. The van der Waals surface area contributed by atoms with Crippen molar-refractivity contribution in [3.63, 3.8) is 0 Å². The summed E-state index contributed by atoms with van der Waals surface area (Å²) in [5.41, 5.74) is -1.27. The largest absolute Gasteiger partial charge is 0.351 e. The van der Waals surface area contributed by atoms with Crippen LogP contribution in [0.5, 0.6) is 0 Å². The molecule has 0 spiro atoms.